The quantitative estimate of drug-likeness (QED) is 0.322. The molecular formula is C27H29NO5S. The van der Waals surface area contributed by atoms with Crippen molar-refractivity contribution < 1.29 is 23.7 Å². The minimum Gasteiger partial charge on any atom is -0.489 e. The zero-order valence-electron chi connectivity index (χ0n) is 19.5. The van der Waals surface area contributed by atoms with Crippen LogP contribution in [0.1, 0.15) is 48.1 Å². The Kier molecular flexibility index (Phi) is 8.20. The van der Waals surface area contributed by atoms with Crippen molar-refractivity contribution in [3.05, 3.63) is 81.5 Å². The van der Waals surface area contributed by atoms with E-state index in [1.165, 1.54) is 0 Å². The van der Waals surface area contributed by atoms with E-state index in [0.29, 0.717) is 50.2 Å². The van der Waals surface area contributed by atoms with Crippen LogP contribution in [0, 0.1) is 6.92 Å². The van der Waals surface area contributed by atoms with E-state index in [4.69, 9.17) is 18.9 Å². The van der Waals surface area contributed by atoms with Gasteiger partial charge in [0.2, 0.25) is 5.90 Å². The van der Waals surface area contributed by atoms with Gasteiger partial charge < -0.3 is 18.9 Å². The normalized spacial score (nSPS) is 13.6. The molecule has 0 saturated heterocycles. The molecule has 0 fully saturated rings. The van der Waals surface area contributed by atoms with Crippen molar-refractivity contribution in [2.45, 2.75) is 39.4 Å². The summed E-state index contributed by atoms with van der Waals surface area (Å²) in [5, 5.41) is 4.10. The molecule has 3 aromatic rings. The second-order valence-electron chi connectivity index (χ2n) is 7.92. The van der Waals surface area contributed by atoms with E-state index in [-0.39, 0.29) is 18.5 Å². The molecule has 1 unspecified atom stereocenters. The van der Waals surface area contributed by atoms with E-state index in [1.807, 2.05) is 67.8 Å². The number of benzene rings is 2. The van der Waals surface area contributed by atoms with E-state index in [2.05, 4.69) is 10.4 Å². The molecule has 2 aromatic carbocycles. The van der Waals surface area contributed by atoms with E-state index in [0.717, 1.165) is 22.3 Å². The Labute approximate surface area is 204 Å². The number of aryl methyl sites for hydroxylation is 1. The van der Waals surface area contributed by atoms with E-state index in [9.17, 15) is 4.79 Å². The molecule has 1 aromatic heterocycles. The zero-order valence-corrected chi connectivity index (χ0v) is 20.3. The molecule has 0 N–H and O–H groups in total. The predicted molar refractivity (Wildman–Crippen MR) is 133 cm³/mol. The largest absolute Gasteiger partial charge is 0.489 e. The smallest absolute Gasteiger partial charge is 0.305 e. The molecule has 7 heteroatoms. The molecule has 0 aliphatic carbocycles. The molecule has 2 heterocycles. The average molecular weight is 480 g/mol. The molecule has 6 nitrogen and oxygen atoms in total. The van der Waals surface area contributed by atoms with Gasteiger partial charge in [0.15, 0.2) is 0 Å². The van der Waals surface area contributed by atoms with Crippen LogP contribution in [0.25, 0.3) is 0 Å². The van der Waals surface area contributed by atoms with Gasteiger partial charge in [0.25, 0.3) is 0 Å². The zero-order chi connectivity index (χ0) is 23.8. The van der Waals surface area contributed by atoms with Crippen molar-refractivity contribution in [1.82, 2.24) is 0 Å². The molecule has 0 spiro atoms. The third kappa shape index (κ3) is 6.17. The highest BCUT2D eigenvalue weighted by atomic mass is 32.1. The number of hydrogen-bond acceptors (Lipinski definition) is 7. The fraction of sp³-hybridized carbons (Fsp3) is 0.333. The van der Waals surface area contributed by atoms with Gasteiger partial charge in [-0.25, -0.2) is 4.99 Å². The predicted octanol–water partition coefficient (Wildman–Crippen LogP) is 5.88. The summed E-state index contributed by atoms with van der Waals surface area (Å²) in [5.74, 6) is 1.63. The lowest BCUT2D eigenvalue weighted by Crippen LogP contribution is -2.15. The summed E-state index contributed by atoms with van der Waals surface area (Å²) in [6.07, 6.45) is 0.392. The van der Waals surface area contributed by atoms with Crippen molar-refractivity contribution in [1.29, 1.82) is 0 Å². The first-order valence-corrected chi connectivity index (χ1v) is 12.4. The van der Waals surface area contributed by atoms with Crippen molar-refractivity contribution in [3.63, 3.8) is 0 Å². The highest BCUT2D eigenvalue weighted by Crippen LogP contribution is 2.34. The number of aliphatic imine (C=N–C) groups is 1. The van der Waals surface area contributed by atoms with Crippen molar-refractivity contribution in [3.8, 4) is 11.5 Å². The summed E-state index contributed by atoms with van der Waals surface area (Å²) >= 11 is 1.64. The fourth-order valence-corrected chi connectivity index (χ4v) is 4.42. The third-order valence-electron chi connectivity index (χ3n) is 5.48. The lowest BCUT2D eigenvalue weighted by Gasteiger charge is -2.23. The molecule has 4 rings (SSSR count). The summed E-state index contributed by atoms with van der Waals surface area (Å²) in [6.45, 7) is 5.86. The van der Waals surface area contributed by atoms with Crippen LogP contribution in [-0.4, -0.2) is 31.6 Å². The monoisotopic (exact) mass is 479 g/mol. The van der Waals surface area contributed by atoms with Crippen LogP contribution < -0.4 is 9.47 Å². The van der Waals surface area contributed by atoms with Gasteiger partial charge in [0, 0.05) is 12.5 Å². The fourth-order valence-electron chi connectivity index (χ4n) is 3.77. The second kappa shape index (κ2) is 11.7. The Morgan fingerprint density at radius 2 is 2.09 bits per heavy atom. The first-order chi connectivity index (χ1) is 16.6. The van der Waals surface area contributed by atoms with E-state index >= 15 is 0 Å². The van der Waals surface area contributed by atoms with Crippen LogP contribution in [0.15, 0.2) is 64.3 Å². The van der Waals surface area contributed by atoms with E-state index < -0.39 is 0 Å². The van der Waals surface area contributed by atoms with Crippen LogP contribution >= 0.6 is 11.3 Å². The molecular weight excluding hydrogens is 450 g/mol. The van der Waals surface area contributed by atoms with Gasteiger partial charge in [0.05, 0.1) is 18.7 Å². The number of nitrogens with zero attached hydrogens (tertiary/aromatic N) is 1. The minimum atomic E-state index is -0.349. The molecule has 34 heavy (non-hydrogen) atoms. The first-order valence-electron chi connectivity index (χ1n) is 11.5. The van der Waals surface area contributed by atoms with Crippen LogP contribution in [0.3, 0.4) is 0 Å². The van der Waals surface area contributed by atoms with Gasteiger partial charge in [0.1, 0.15) is 30.8 Å². The Morgan fingerprint density at radius 3 is 2.82 bits per heavy atom. The molecule has 178 valence electrons. The molecule has 0 amide bonds. The number of carbonyl (C=O) groups excluding carboxylic acids is 1. The number of rotatable bonds is 11. The Morgan fingerprint density at radius 1 is 1.21 bits per heavy atom. The maximum Gasteiger partial charge on any atom is 0.305 e. The van der Waals surface area contributed by atoms with Gasteiger partial charge >= 0.3 is 5.97 Å². The lowest BCUT2D eigenvalue weighted by atomic mass is 9.99. The Bertz CT molecular complexity index is 1130. The molecule has 1 aliphatic rings. The Hall–Kier alpha value is -3.32. The van der Waals surface area contributed by atoms with Crippen LogP contribution in [-0.2, 0) is 20.9 Å². The van der Waals surface area contributed by atoms with Gasteiger partial charge in [-0.2, -0.15) is 11.3 Å². The number of ether oxygens (including phenoxy) is 4. The van der Waals surface area contributed by atoms with E-state index in [1.54, 1.807) is 11.3 Å². The van der Waals surface area contributed by atoms with Crippen LogP contribution in [0.4, 0.5) is 0 Å². The van der Waals surface area contributed by atoms with Crippen LogP contribution in [0.2, 0.25) is 0 Å². The SMILES string of the molecule is CCOC(=O)CCC(Oc1cc(OCc2ccsc2)ccc1C1=NCCO1)c1ccccc1C. The standard InChI is InChI=1S/C27H29NO5S/c1-3-30-26(29)11-10-24(22-7-5-4-6-19(22)2)33-25-16-21(32-17-20-12-15-34-18-20)8-9-23(25)27-28-13-14-31-27/h4-9,12,15-16,18,24H,3,10-11,13-14,17H2,1-2H3. The number of thiophene rings is 1. The summed E-state index contributed by atoms with van der Waals surface area (Å²) < 4.78 is 23.5. The molecule has 0 saturated carbocycles. The summed E-state index contributed by atoms with van der Waals surface area (Å²) in [7, 11) is 0. The highest BCUT2D eigenvalue weighted by molar-refractivity contribution is 7.07. The summed E-state index contributed by atoms with van der Waals surface area (Å²) in [4.78, 5) is 16.6. The van der Waals surface area contributed by atoms with Gasteiger partial charge in [-0.05, 0) is 65.9 Å². The lowest BCUT2D eigenvalue weighted by molar-refractivity contribution is -0.143. The van der Waals surface area contributed by atoms with Crippen molar-refractivity contribution in [2.24, 2.45) is 4.99 Å². The number of hydrogen-bond donors (Lipinski definition) is 0. The van der Waals surface area contributed by atoms with Gasteiger partial charge in [-0.1, -0.05) is 24.3 Å². The topological polar surface area (TPSA) is 66.4 Å². The Balaban J connectivity index is 1.62. The molecule has 1 aliphatic heterocycles. The van der Waals surface area contributed by atoms with Gasteiger partial charge in [-0.3, -0.25) is 4.79 Å². The third-order valence-corrected chi connectivity index (χ3v) is 6.21. The maximum atomic E-state index is 12.1. The minimum absolute atomic E-state index is 0.235. The van der Waals surface area contributed by atoms with Crippen LogP contribution in [0.5, 0.6) is 11.5 Å². The molecule has 0 radical (unpaired) electrons. The number of carbonyl (C=O) groups is 1. The second-order valence-corrected chi connectivity index (χ2v) is 8.70. The first kappa shape index (κ1) is 23.8. The van der Waals surface area contributed by atoms with Crippen molar-refractivity contribution in [2.75, 3.05) is 19.8 Å². The maximum absolute atomic E-state index is 12.1. The summed E-state index contributed by atoms with van der Waals surface area (Å²) in [6, 6.07) is 15.8. The number of esters is 1. The average Bonchev–Trinajstić information content (AvgIpc) is 3.56. The highest BCUT2D eigenvalue weighted by Gasteiger charge is 2.23. The van der Waals surface area contributed by atoms with Gasteiger partial charge in [-0.15, -0.1) is 0 Å². The summed E-state index contributed by atoms with van der Waals surface area (Å²) in [5.41, 5.74) is 4.01. The molecule has 0 bridgehead atoms. The molecule has 1 atom stereocenters. The van der Waals surface area contributed by atoms with Crippen molar-refractivity contribution >= 4 is 23.2 Å².